The van der Waals surface area contributed by atoms with Gasteiger partial charge < -0.3 is 15.0 Å². The molecule has 1 N–H and O–H groups in total. The molecule has 0 aromatic rings. The summed E-state index contributed by atoms with van der Waals surface area (Å²) in [4.78, 5) is 11.1. The number of rotatable bonds is 0. The van der Waals surface area contributed by atoms with Crippen molar-refractivity contribution in [3.05, 3.63) is 0 Å². The molecule has 0 unspecified atom stereocenters. The van der Waals surface area contributed by atoms with Crippen LogP contribution in [0, 0.1) is 0 Å². The van der Waals surface area contributed by atoms with E-state index in [1.807, 2.05) is 13.8 Å². The lowest BCUT2D eigenvalue weighted by Gasteiger charge is -2.21. The summed E-state index contributed by atoms with van der Waals surface area (Å²) in [6.45, 7) is 10.2. The van der Waals surface area contributed by atoms with Gasteiger partial charge in [-0.25, -0.2) is 0 Å². The molecule has 0 amide bonds. The molecule has 1 saturated heterocycles. The van der Waals surface area contributed by atoms with Crippen LogP contribution in [0.3, 0.4) is 0 Å². The van der Waals surface area contributed by atoms with Gasteiger partial charge in [-0.15, -0.1) is 0 Å². The van der Waals surface area contributed by atoms with Crippen LogP contribution >= 0.6 is 0 Å². The number of carbonyl (C=O) groups excluding carboxylic acids is 1. The Bertz CT molecular complexity index is 80.6. The van der Waals surface area contributed by atoms with Gasteiger partial charge in [-0.2, -0.15) is 0 Å². The molecule has 12 heavy (non-hydrogen) atoms. The molecule has 3 nitrogen and oxygen atoms in total. The first-order valence-corrected chi connectivity index (χ1v) is 4.60. The van der Waals surface area contributed by atoms with Crippen molar-refractivity contribution in [2.24, 2.45) is 0 Å². The lowest BCUT2D eigenvalue weighted by Crippen LogP contribution is -2.40. The van der Waals surface area contributed by atoms with E-state index in [0.29, 0.717) is 0 Å². The summed E-state index contributed by atoms with van der Waals surface area (Å²) in [5, 5.41) is 3.27. The third-order valence-corrected chi connectivity index (χ3v) is 1.34. The summed E-state index contributed by atoms with van der Waals surface area (Å²) in [6.07, 6.45) is 0.750. The fraction of sp³-hybridized carbons (Fsp3) is 0.889. The SMILES string of the molecule is CC.CC=O.CN1CCNCC1. The van der Waals surface area contributed by atoms with E-state index < -0.39 is 0 Å². The van der Waals surface area contributed by atoms with Crippen LogP contribution in [-0.4, -0.2) is 44.4 Å². The standard InChI is InChI=1S/C5H12N2.C2H4O.C2H6/c1-7-4-2-6-3-5-7;1-2-3;1-2/h6H,2-5H2,1H3;2H,1H3;1-2H3. The van der Waals surface area contributed by atoms with Crippen molar-refractivity contribution in [3.8, 4) is 0 Å². The molecule has 0 spiro atoms. The minimum atomic E-state index is 0.750. The van der Waals surface area contributed by atoms with E-state index in [0.717, 1.165) is 19.4 Å². The molecule has 74 valence electrons. The molecule has 3 heteroatoms. The second-order valence-corrected chi connectivity index (χ2v) is 2.29. The first-order valence-electron chi connectivity index (χ1n) is 4.60. The number of hydrogen-bond donors (Lipinski definition) is 1. The fourth-order valence-corrected chi connectivity index (χ4v) is 0.777. The predicted molar refractivity (Wildman–Crippen MR) is 53.5 cm³/mol. The van der Waals surface area contributed by atoms with E-state index in [4.69, 9.17) is 4.79 Å². The van der Waals surface area contributed by atoms with Crippen LogP contribution in [0.4, 0.5) is 0 Å². The van der Waals surface area contributed by atoms with Gasteiger partial charge in [0.15, 0.2) is 0 Å². The van der Waals surface area contributed by atoms with Gasteiger partial charge in [0.2, 0.25) is 0 Å². The van der Waals surface area contributed by atoms with Gasteiger partial charge >= 0.3 is 0 Å². The molecule has 0 aromatic heterocycles. The highest BCUT2D eigenvalue weighted by atomic mass is 16.1. The quantitative estimate of drug-likeness (QED) is 0.550. The number of piperazine rings is 1. The molecular weight excluding hydrogens is 152 g/mol. The van der Waals surface area contributed by atoms with Crippen molar-refractivity contribution in [3.63, 3.8) is 0 Å². The summed E-state index contributed by atoms with van der Waals surface area (Å²) in [5.41, 5.74) is 0. The maximum atomic E-state index is 8.81. The lowest BCUT2D eigenvalue weighted by molar-refractivity contribution is -0.106. The second kappa shape index (κ2) is 13.2. The highest BCUT2D eigenvalue weighted by Gasteiger charge is 2.01. The minimum absolute atomic E-state index is 0.750. The van der Waals surface area contributed by atoms with Crippen molar-refractivity contribution < 1.29 is 4.79 Å². The molecule has 0 aliphatic carbocycles. The fourth-order valence-electron chi connectivity index (χ4n) is 0.777. The second-order valence-electron chi connectivity index (χ2n) is 2.29. The molecular formula is C9H22N2O. The van der Waals surface area contributed by atoms with Gasteiger partial charge in [-0.05, 0) is 14.0 Å². The van der Waals surface area contributed by atoms with E-state index in [1.54, 1.807) is 0 Å². The van der Waals surface area contributed by atoms with E-state index in [9.17, 15) is 0 Å². The summed E-state index contributed by atoms with van der Waals surface area (Å²) >= 11 is 0. The van der Waals surface area contributed by atoms with E-state index >= 15 is 0 Å². The van der Waals surface area contributed by atoms with Crippen LogP contribution in [0.1, 0.15) is 20.8 Å². The molecule has 1 aliphatic rings. The highest BCUT2D eigenvalue weighted by molar-refractivity contribution is 5.44. The largest absolute Gasteiger partial charge is 0.314 e. The Hall–Kier alpha value is -0.410. The first kappa shape index (κ1) is 14.1. The zero-order chi connectivity index (χ0) is 9.82. The molecule has 0 saturated carbocycles. The zero-order valence-corrected chi connectivity index (χ0v) is 8.76. The van der Waals surface area contributed by atoms with Gasteiger partial charge in [-0.1, -0.05) is 13.8 Å². The highest BCUT2D eigenvalue weighted by Crippen LogP contribution is 1.82. The van der Waals surface area contributed by atoms with Crippen LogP contribution in [0.2, 0.25) is 0 Å². The molecule has 0 radical (unpaired) electrons. The number of nitrogens with zero attached hydrogens (tertiary/aromatic N) is 1. The maximum absolute atomic E-state index is 8.81. The van der Waals surface area contributed by atoms with Gasteiger partial charge in [0.1, 0.15) is 6.29 Å². The summed E-state index contributed by atoms with van der Waals surface area (Å²) in [5.74, 6) is 0. The van der Waals surface area contributed by atoms with E-state index in [2.05, 4.69) is 17.3 Å². The Morgan fingerprint density at radius 3 is 1.75 bits per heavy atom. The monoisotopic (exact) mass is 174 g/mol. The van der Waals surface area contributed by atoms with Crippen LogP contribution in [0.15, 0.2) is 0 Å². The molecule has 0 bridgehead atoms. The molecule has 0 aromatic carbocycles. The number of carbonyl (C=O) groups is 1. The lowest BCUT2D eigenvalue weighted by atomic mass is 10.4. The number of nitrogens with one attached hydrogen (secondary N) is 1. The van der Waals surface area contributed by atoms with Gasteiger partial charge in [0.05, 0.1) is 0 Å². The van der Waals surface area contributed by atoms with E-state index in [1.165, 1.54) is 20.0 Å². The van der Waals surface area contributed by atoms with Gasteiger partial charge in [-0.3, -0.25) is 0 Å². The Morgan fingerprint density at radius 1 is 1.25 bits per heavy atom. The van der Waals surface area contributed by atoms with Crippen LogP contribution in [0.5, 0.6) is 0 Å². The molecule has 0 atom stereocenters. The third-order valence-electron chi connectivity index (χ3n) is 1.34. The average Bonchev–Trinajstić information content (AvgIpc) is 2.11. The third kappa shape index (κ3) is 12.3. The van der Waals surface area contributed by atoms with Crippen LogP contribution in [0.25, 0.3) is 0 Å². The Balaban J connectivity index is 0. The normalized spacial score (nSPS) is 16.3. The van der Waals surface area contributed by atoms with Crippen molar-refractivity contribution in [1.82, 2.24) is 10.2 Å². The topological polar surface area (TPSA) is 32.3 Å². The van der Waals surface area contributed by atoms with Crippen molar-refractivity contribution >= 4 is 6.29 Å². The molecule has 1 rings (SSSR count). The minimum Gasteiger partial charge on any atom is -0.314 e. The maximum Gasteiger partial charge on any atom is 0.116 e. The average molecular weight is 174 g/mol. The van der Waals surface area contributed by atoms with Crippen LogP contribution < -0.4 is 5.32 Å². The molecule has 1 fully saturated rings. The summed E-state index contributed by atoms with van der Waals surface area (Å²) in [7, 11) is 2.15. The molecule has 1 aliphatic heterocycles. The van der Waals surface area contributed by atoms with Crippen LogP contribution in [-0.2, 0) is 4.79 Å². The zero-order valence-electron chi connectivity index (χ0n) is 8.76. The smallest absolute Gasteiger partial charge is 0.116 e. The number of hydrogen-bond acceptors (Lipinski definition) is 3. The first-order chi connectivity index (χ1) is 5.81. The predicted octanol–water partition coefficient (Wildman–Crippen LogP) is 0.753. The number of aldehydes is 1. The van der Waals surface area contributed by atoms with Gasteiger partial charge in [0, 0.05) is 26.2 Å². The molecule has 1 heterocycles. The number of likely N-dealkylation sites (N-methyl/N-ethyl adjacent to an activating group) is 1. The Kier molecular flexibility index (Phi) is 15.5. The van der Waals surface area contributed by atoms with Crippen molar-refractivity contribution in [2.45, 2.75) is 20.8 Å². The van der Waals surface area contributed by atoms with Crippen molar-refractivity contribution in [1.29, 1.82) is 0 Å². The van der Waals surface area contributed by atoms with Crippen molar-refractivity contribution in [2.75, 3.05) is 33.2 Å². The Morgan fingerprint density at radius 2 is 1.58 bits per heavy atom. The van der Waals surface area contributed by atoms with Gasteiger partial charge in [0.25, 0.3) is 0 Å². The van der Waals surface area contributed by atoms with E-state index in [-0.39, 0.29) is 0 Å². The Labute approximate surface area is 76.1 Å². The summed E-state index contributed by atoms with van der Waals surface area (Å²) < 4.78 is 0. The summed E-state index contributed by atoms with van der Waals surface area (Å²) in [6, 6.07) is 0.